The van der Waals surface area contributed by atoms with Gasteiger partial charge in [-0.15, -0.1) is 0 Å². The van der Waals surface area contributed by atoms with Gasteiger partial charge in [0.15, 0.2) is 0 Å². The van der Waals surface area contributed by atoms with Gasteiger partial charge in [0.05, 0.1) is 11.6 Å². The highest BCUT2D eigenvalue weighted by atomic mass is 35.5. The molecular formula is C10H12ClN3OS. The van der Waals surface area contributed by atoms with E-state index in [2.05, 4.69) is 10.6 Å². The van der Waals surface area contributed by atoms with Crippen LogP contribution in [-0.4, -0.2) is 24.5 Å². The molecule has 86 valence electrons. The number of carbonyl (C=O) groups excluding carboxylic acids is 1. The van der Waals surface area contributed by atoms with Gasteiger partial charge in [-0.2, -0.15) is 0 Å². The molecule has 0 unspecified atom stereocenters. The van der Waals surface area contributed by atoms with Gasteiger partial charge in [-0.3, -0.25) is 4.79 Å². The summed E-state index contributed by atoms with van der Waals surface area (Å²) in [5.41, 5.74) is 6.84. The van der Waals surface area contributed by atoms with E-state index in [1.165, 1.54) is 0 Å². The summed E-state index contributed by atoms with van der Waals surface area (Å²) < 4.78 is 0. The van der Waals surface area contributed by atoms with Crippen molar-refractivity contribution in [2.45, 2.75) is 0 Å². The summed E-state index contributed by atoms with van der Waals surface area (Å²) in [6.07, 6.45) is 0. The molecule has 0 aliphatic rings. The molecule has 0 radical (unpaired) electrons. The Morgan fingerprint density at radius 1 is 1.56 bits per heavy atom. The molecule has 1 rings (SSSR count). The van der Waals surface area contributed by atoms with Crippen LogP contribution in [0.5, 0.6) is 0 Å². The molecule has 6 heteroatoms. The van der Waals surface area contributed by atoms with Crippen molar-refractivity contribution in [1.29, 1.82) is 0 Å². The van der Waals surface area contributed by atoms with Gasteiger partial charge in [-0.05, 0) is 18.2 Å². The number of rotatable bonds is 4. The second-order valence-electron chi connectivity index (χ2n) is 3.09. The third-order valence-corrected chi connectivity index (χ3v) is 2.50. The average Bonchev–Trinajstić information content (AvgIpc) is 2.25. The minimum absolute atomic E-state index is 0.102. The molecule has 0 fully saturated rings. The van der Waals surface area contributed by atoms with Crippen LogP contribution in [0.1, 0.15) is 5.56 Å². The summed E-state index contributed by atoms with van der Waals surface area (Å²) in [6.45, 7) is 0.194. The van der Waals surface area contributed by atoms with E-state index in [1.807, 2.05) is 0 Å². The van der Waals surface area contributed by atoms with E-state index in [-0.39, 0.29) is 17.4 Å². The van der Waals surface area contributed by atoms with Crippen molar-refractivity contribution in [3.8, 4) is 0 Å². The van der Waals surface area contributed by atoms with Gasteiger partial charge in [-0.1, -0.05) is 23.8 Å². The molecule has 0 aromatic heterocycles. The lowest BCUT2D eigenvalue weighted by molar-refractivity contribution is -0.118. The zero-order valence-electron chi connectivity index (χ0n) is 8.71. The second-order valence-corrected chi connectivity index (χ2v) is 3.93. The van der Waals surface area contributed by atoms with Crippen LogP contribution in [0.2, 0.25) is 5.02 Å². The van der Waals surface area contributed by atoms with Gasteiger partial charge in [0.2, 0.25) is 5.91 Å². The molecule has 4 N–H and O–H groups in total. The maximum Gasteiger partial charge on any atom is 0.239 e. The topological polar surface area (TPSA) is 67.2 Å². The lowest BCUT2D eigenvalue weighted by Gasteiger charge is -2.08. The van der Waals surface area contributed by atoms with E-state index < -0.39 is 0 Å². The predicted octanol–water partition coefficient (Wildman–Crippen LogP) is 1.13. The normalized spacial score (nSPS) is 9.62. The largest absolute Gasteiger partial charge is 0.389 e. The van der Waals surface area contributed by atoms with Crippen LogP contribution in [0.15, 0.2) is 18.2 Å². The maximum absolute atomic E-state index is 11.0. The minimum atomic E-state index is -0.102. The second kappa shape index (κ2) is 5.67. The first-order valence-electron chi connectivity index (χ1n) is 4.58. The van der Waals surface area contributed by atoms with Crippen LogP contribution in [-0.2, 0) is 4.79 Å². The molecule has 0 aliphatic carbocycles. The Kier molecular flexibility index (Phi) is 4.52. The SMILES string of the molecule is CNC(=O)CNc1ccc(C(N)=S)c(Cl)c1. The van der Waals surface area contributed by atoms with Crippen LogP contribution < -0.4 is 16.4 Å². The van der Waals surface area contributed by atoms with Crippen LogP contribution in [0.25, 0.3) is 0 Å². The van der Waals surface area contributed by atoms with Crippen molar-refractivity contribution in [3.63, 3.8) is 0 Å². The Bertz CT molecular complexity index is 423. The molecule has 0 atom stereocenters. The van der Waals surface area contributed by atoms with E-state index >= 15 is 0 Å². The van der Waals surface area contributed by atoms with Crippen LogP contribution in [0, 0.1) is 0 Å². The standard InChI is InChI=1S/C10H12ClN3OS/c1-13-9(15)5-14-6-2-3-7(10(12)16)8(11)4-6/h2-4,14H,5H2,1H3,(H2,12,16)(H,13,15). The lowest BCUT2D eigenvalue weighted by Crippen LogP contribution is -2.26. The summed E-state index contributed by atoms with van der Waals surface area (Å²) in [6, 6.07) is 5.17. The molecular weight excluding hydrogens is 246 g/mol. The van der Waals surface area contributed by atoms with E-state index in [1.54, 1.807) is 25.2 Å². The first-order valence-corrected chi connectivity index (χ1v) is 5.37. The smallest absolute Gasteiger partial charge is 0.239 e. The van der Waals surface area contributed by atoms with Gasteiger partial charge >= 0.3 is 0 Å². The number of thiocarbonyl (C=S) groups is 1. The van der Waals surface area contributed by atoms with Crippen molar-refractivity contribution >= 4 is 40.4 Å². The van der Waals surface area contributed by atoms with Crippen LogP contribution in [0.3, 0.4) is 0 Å². The molecule has 0 saturated heterocycles. The highest BCUT2D eigenvalue weighted by Crippen LogP contribution is 2.20. The minimum Gasteiger partial charge on any atom is -0.389 e. The molecule has 0 heterocycles. The van der Waals surface area contributed by atoms with Crippen molar-refractivity contribution in [2.24, 2.45) is 5.73 Å². The summed E-state index contributed by atoms with van der Waals surface area (Å²) in [7, 11) is 1.58. The van der Waals surface area contributed by atoms with Gasteiger partial charge in [0, 0.05) is 18.3 Å². The average molecular weight is 258 g/mol. The van der Waals surface area contributed by atoms with Crippen molar-refractivity contribution < 1.29 is 4.79 Å². The first kappa shape index (κ1) is 12.7. The summed E-state index contributed by atoms with van der Waals surface area (Å²) in [5.74, 6) is -0.102. The number of nitrogens with two attached hydrogens (primary N) is 1. The summed E-state index contributed by atoms with van der Waals surface area (Å²) in [5, 5.41) is 5.89. The Hall–Kier alpha value is -1.33. The van der Waals surface area contributed by atoms with E-state index in [4.69, 9.17) is 29.6 Å². The number of hydrogen-bond acceptors (Lipinski definition) is 3. The Balaban J connectivity index is 2.74. The zero-order valence-corrected chi connectivity index (χ0v) is 10.3. The molecule has 0 bridgehead atoms. The van der Waals surface area contributed by atoms with Gasteiger partial charge in [0.25, 0.3) is 0 Å². The monoisotopic (exact) mass is 257 g/mol. The van der Waals surface area contributed by atoms with E-state index in [0.717, 1.165) is 5.69 Å². The van der Waals surface area contributed by atoms with Crippen LogP contribution in [0.4, 0.5) is 5.69 Å². The van der Waals surface area contributed by atoms with E-state index in [9.17, 15) is 4.79 Å². The fourth-order valence-electron chi connectivity index (χ4n) is 1.10. The van der Waals surface area contributed by atoms with Crippen LogP contribution >= 0.6 is 23.8 Å². The fraction of sp³-hybridized carbons (Fsp3) is 0.200. The Morgan fingerprint density at radius 3 is 2.75 bits per heavy atom. The molecule has 1 aromatic carbocycles. The Labute approximate surface area is 104 Å². The third kappa shape index (κ3) is 3.36. The molecule has 0 saturated carbocycles. The number of amides is 1. The van der Waals surface area contributed by atoms with Crippen molar-refractivity contribution in [1.82, 2.24) is 5.32 Å². The third-order valence-electron chi connectivity index (χ3n) is 1.97. The number of hydrogen-bond donors (Lipinski definition) is 3. The van der Waals surface area contributed by atoms with Crippen molar-refractivity contribution in [3.05, 3.63) is 28.8 Å². The molecule has 0 aliphatic heterocycles. The maximum atomic E-state index is 11.0. The summed E-state index contributed by atoms with van der Waals surface area (Å²) >= 11 is 10.8. The van der Waals surface area contributed by atoms with E-state index in [0.29, 0.717) is 10.6 Å². The number of benzene rings is 1. The Morgan fingerprint density at radius 2 is 2.25 bits per heavy atom. The number of nitrogens with one attached hydrogen (secondary N) is 2. The molecule has 0 spiro atoms. The van der Waals surface area contributed by atoms with Gasteiger partial charge in [0.1, 0.15) is 4.99 Å². The predicted molar refractivity (Wildman–Crippen MR) is 69.9 cm³/mol. The highest BCUT2D eigenvalue weighted by Gasteiger charge is 2.04. The fourth-order valence-corrected chi connectivity index (χ4v) is 1.61. The van der Waals surface area contributed by atoms with Crippen molar-refractivity contribution in [2.75, 3.05) is 18.9 Å². The molecule has 16 heavy (non-hydrogen) atoms. The number of halogens is 1. The number of carbonyl (C=O) groups is 1. The lowest BCUT2D eigenvalue weighted by atomic mass is 10.2. The first-order chi connectivity index (χ1) is 7.54. The molecule has 4 nitrogen and oxygen atoms in total. The van der Waals surface area contributed by atoms with Gasteiger partial charge < -0.3 is 16.4 Å². The summed E-state index contributed by atoms with van der Waals surface area (Å²) in [4.78, 5) is 11.3. The molecule has 1 aromatic rings. The van der Waals surface area contributed by atoms with Gasteiger partial charge in [-0.25, -0.2) is 0 Å². The number of likely N-dealkylation sites (N-methyl/N-ethyl adjacent to an activating group) is 1. The quantitative estimate of drug-likeness (QED) is 0.708. The molecule has 1 amide bonds. The highest BCUT2D eigenvalue weighted by molar-refractivity contribution is 7.80. The number of anilines is 1. The zero-order chi connectivity index (χ0) is 12.1.